The highest BCUT2D eigenvalue weighted by Crippen LogP contribution is 2.42. The number of carboxylic acid groups (broad SMARTS) is 1. The van der Waals surface area contributed by atoms with Crippen LogP contribution in [0.15, 0.2) is 71.1 Å². The van der Waals surface area contributed by atoms with E-state index in [4.69, 9.17) is 47.4 Å². The molecule has 15 atom stereocenters. The molecule has 4 aromatic rings. The van der Waals surface area contributed by atoms with Crippen LogP contribution in [0.3, 0.4) is 0 Å². The molecule has 1 aromatic heterocycles. The largest absolute Gasteiger partial charge is 0.508 e. The Hall–Kier alpha value is -6.04. The minimum atomic E-state index is -1.94. The van der Waals surface area contributed by atoms with Crippen LogP contribution in [0.1, 0.15) is 16.8 Å². The van der Waals surface area contributed by atoms with Crippen LogP contribution in [-0.4, -0.2) is 196 Å². The molecular formula is C43H47O25+. The van der Waals surface area contributed by atoms with Gasteiger partial charge in [0.05, 0.1) is 23.8 Å². The molecule has 25 nitrogen and oxygen atoms in total. The Morgan fingerprint density at radius 3 is 1.65 bits per heavy atom. The van der Waals surface area contributed by atoms with E-state index in [0.29, 0.717) is 0 Å². The van der Waals surface area contributed by atoms with Gasteiger partial charge in [0.2, 0.25) is 24.6 Å². The molecule has 3 saturated heterocycles. The molecule has 0 saturated carbocycles. The number of carboxylic acids is 1. The number of aliphatic hydroxyl groups excluding tert-OH is 10. The number of carbonyl (C=O) groups is 3. The van der Waals surface area contributed by atoms with E-state index in [0.717, 1.165) is 6.07 Å². The second-order valence-electron chi connectivity index (χ2n) is 15.8. The molecule has 68 heavy (non-hydrogen) atoms. The van der Waals surface area contributed by atoms with Crippen LogP contribution in [0.5, 0.6) is 28.7 Å². The quantitative estimate of drug-likeness (QED) is 0.0325. The first kappa shape index (κ1) is 49.9. The lowest BCUT2D eigenvalue weighted by Gasteiger charge is -2.39. The Bertz CT molecular complexity index is 2400. The number of ether oxygens (including phenoxy) is 8. The summed E-state index contributed by atoms with van der Waals surface area (Å²) < 4.78 is 50.2. The lowest BCUT2D eigenvalue weighted by atomic mass is 9.99. The highest BCUT2D eigenvalue weighted by atomic mass is 16.7. The van der Waals surface area contributed by atoms with Crippen molar-refractivity contribution in [1.29, 1.82) is 0 Å². The van der Waals surface area contributed by atoms with Gasteiger partial charge in [-0.05, 0) is 48.5 Å². The standard InChI is InChI=1S/C43H46O25/c44-13-25-30(50)33(53)36(56)41(66-25)62-19-7-3-17(4-8-19)40(59)61-15-27-32(52)34(54)37(57)42(67-27)63-20-9-22(46)21-11-24(39(64-23(21)10-20)16-1-5-18(45)6-2-16)65-43-38(58)35(55)31(51)26(68-43)14-60-29(49)12-28(47)48/h1-11,25-27,30-38,41-44,50-58H,12-15H2,(H2-,45,46,47,48)/p+1/t25-,26-,27-,30-,31-,32-,33+,34+,35+,36-,37-,38-,41-,42-,43-/m1/s1. The molecule has 3 aromatic carbocycles. The Balaban J connectivity index is 1.05. The highest BCUT2D eigenvalue weighted by molar-refractivity contribution is 5.90. The minimum Gasteiger partial charge on any atom is -0.508 e. The fourth-order valence-electron chi connectivity index (χ4n) is 7.26. The average Bonchev–Trinajstić information content (AvgIpc) is 3.31. The van der Waals surface area contributed by atoms with Gasteiger partial charge in [0.25, 0.3) is 0 Å². The number of aliphatic carboxylic acids is 1. The smallest absolute Gasteiger partial charge is 0.402 e. The number of aliphatic hydroxyl groups is 10. The first-order chi connectivity index (χ1) is 32.3. The number of carbonyl (C=O) groups excluding carboxylic acids is 2. The Labute approximate surface area is 382 Å². The molecule has 0 aliphatic carbocycles. The summed E-state index contributed by atoms with van der Waals surface area (Å²) in [6.45, 7) is -2.11. The Morgan fingerprint density at radius 1 is 0.574 bits per heavy atom. The van der Waals surface area contributed by atoms with Gasteiger partial charge in [0.15, 0.2) is 0 Å². The fraction of sp³-hybridized carbons (Fsp3) is 0.442. The summed E-state index contributed by atoms with van der Waals surface area (Å²) in [5.41, 5.74) is 0.0642. The zero-order chi connectivity index (χ0) is 49.1. The lowest BCUT2D eigenvalue weighted by Crippen LogP contribution is -2.60. The number of phenolic OH excluding ortho intramolecular Hbond substituents is 2. The number of esters is 2. The van der Waals surface area contributed by atoms with Crippen molar-refractivity contribution in [2.75, 3.05) is 19.8 Å². The lowest BCUT2D eigenvalue weighted by molar-refractivity contribution is -0.278. The maximum Gasteiger partial charge on any atom is 0.402 e. The number of hydrogen-bond acceptors (Lipinski definition) is 23. The normalized spacial score (nSPS) is 31.6. The number of phenols is 2. The van der Waals surface area contributed by atoms with Crippen molar-refractivity contribution >= 4 is 28.9 Å². The van der Waals surface area contributed by atoms with Gasteiger partial charge in [-0.25, -0.2) is 9.21 Å². The SMILES string of the molecule is O=C(O)CC(=O)OC[C@H]1O[C@@H](Oc2cc3c(O)cc(O[C@@H]4O[C@H](COC(=O)c5ccc(O[C@@H]6O[C@H](CO)[C@@H](O)[C@H](O)[C@H]6O)cc5)[C@@H](O)[C@H](O)[C@H]4O)cc3[o+]c2-c2ccc(O)cc2)[C@H](O)[C@@H](O)[C@@H]1O. The van der Waals surface area contributed by atoms with E-state index in [1.807, 2.05) is 0 Å². The number of fused-ring (bicyclic) bond motifs is 1. The molecule has 3 aliphatic heterocycles. The molecule has 3 fully saturated rings. The molecule has 368 valence electrons. The first-order valence-corrected chi connectivity index (χ1v) is 20.6. The molecule has 13 N–H and O–H groups in total. The van der Waals surface area contributed by atoms with Gasteiger partial charge < -0.3 is 104 Å². The van der Waals surface area contributed by atoms with E-state index < -0.39 is 142 Å². The zero-order valence-electron chi connectivity index (χ0n) is 35.1. The summed E-state index contributed by atoms with van der Waals surface area (Å²) in [6, 6.07) is 14.0. The number of aromatic hydroxyl groups is 2. The van der Waals surface area contributed by atoms with Crippen molar-refractivity contribution in [3.63, 3.8) is 0 Å². The van der Waals surface area contributed by atoms with Crippen LogP contribution in [0.25, 0.3) is 22.3 Å². The van der Waals surface area contributed by atoms with Crippen LogP contribution >= 0.6 is 0 Å². The maximum atomic E-state index is 13.0. The summed E-state index contributed by atoms with van der Waals surface area (Å²) in [4.78, 5) is 35.7. The summed E-state index contributed by atoms with van der Waals surface area (Å²) >= 11 is 0. The third-order valence-electron chi connectivity index (χ3n) is 11.0. The van der Waals surface area contributed by atoms with Crippen molar-refractivity contribution in [3.05, 3.63) is 72.3 Å². The number of benzene rings is 3. The summed E-state index contributed by atoms with van der Waals surface area (Å²) in [5.74, 6) is -4.87. The summed E-state index contributed by atoms with van der Waals surface area (Å²) in [6.07, 6.45) is -26.6. The molecule has 0 radical (unpaired) electrons. The van der Waals surface area contributed by atoms with Crippen molar-refractivity contribution < 1.29 is 123 Å². The Morgan fingerprint density at radius 2 is 1.09 bits per heavy atom. The molecule has 0 unspecified atom stereocenters. The van der Waals surface area contributed by atoms with E-state index in [9.17, 15) is 75.7 Å². The van der Waals surface area contributed by atoms with Gasteiger partial charge in [-0.3, -0.25) is 9.59 Å². The van der Waals surface area contributed by atoms with Crippen molar-refractivity contribution in [2.45, 2.75) is 98.5 Å². The van der Waals surface area contributed by atoms with E-state index in [1.165, 1.54) is 60.7 Å². The van der Waals surface area contributed by atoms with Crippen molar-refractivity contribution in [2.24, 2.45) is 0 Å². The van der Waals surface area contributed by atoms with Crippen LogP contribution in [0.2, 0.25) is 0 Å². The molecule has 0 bridgehead atoms. The first-order valence-electron chi connectivity index (χ1n) is 20.6. The van der Waals surface area contributed by atoms with Gasteiger partial charge in [-0.15, -0.1) is 0 Å². The van der Waals surface area contributed by atoms with Gasteiger partial charge in [0, 0.05) is 12.1 Å². The van der Waals surface area contributed by atoms with Crippen molar-refractivity contribution in [3.8, 4) is 40.1 Å². The predicted octanol–water partition coefficient (Wildman–Crippen LogP) is -2.78. The molecule has 4 heterocycles. The van der Waals surface area contributed by atoms with Gasteiger partial charge in [0.1, 0.15) is 121 Å². The van der Waals surface area contributed by atoms with Crippen LogP contribution in [0, 0.1) is 0 Å². The van der Waals surface area contributed by atoms with E-state index in [-0.39, 0.29) is 50.9 Å². The minimum absolute atomic E-state index is 0.0410. The molecule has 0 amide bonds. The van der Waals surface area contributed by atoms with Crippen LogP contribution in [0.4, 0.5) is 0 Å². The highest BCUT2D eigenvalue weighted by Gasteiger charge is 2.48. The van der Waals surface area contributed by atoms with E-state index >= 15 is 0 Å². The zero-order valence-corrected chi connectivity index (χ0v) is 35.1. The molecular weight excluding hydrogens is 916 g/mol. The predicted molar refractivity (Wildman–Crippen MR) is 218 cm³/mol. The molecule has 0 spiro atoms. The third-order valence-corrected chi connectivity index (χ3v) is 11.0. The average molecular weight is 964 g/mol. The monoisotopic (exact) mass is 963 g/mol. The third kappa shape index (κ3) is 11.0. The van der Waals surface area contributed by atoms with Gasteiger partial charge >= 0.3 is 29.3 Å². The van der Waals surface area contributed by atoms with Gasteiger partial charge in [-0.2, -0.15) is 0 Å². The molecule has 7 rings (SSSR count). The van der Waals surface area contributed by atoms with E-state index in [2.05, 4.69) is 0 Å². The number of rotatable bonds is 15. The second kappa shape index (κ2) is 21.1. The van der Waals surface area contributed by atoms with Crippen LogP contribution < -0.4 is 14.2 Å². The van der Waals surface area contributed by atoms with Crippen molar-refractivity contribution in [1.82, 2.24) is 0 Å². The summed E-state index contributed by atoms with van der Waals surface area (Å²) in [7, 11) is 0. The molecule has 25 heteroatoms. The van der Waals surface area contributed by atoms with Gasteiger partial charge in [-0.1, -0.05) is 0 Å². The number of hydrogen-bond donors (Lipinski definition) is 13. The summed E-state index contributed by atoms with van der Waals surface area (Å²) in [5, 5.41) is 134. The van der Waals surface area contributed by atoms with E-state index in [1.54, 1.807) is 0 Å². The molecule has 3 aliphatic rings. The fourth-order valence-corrected chi connectivity index (χ4v) is 7.26. The Kier molecular flexibility index (Phi) is 15.5. The topological polar surface area (TPSA) is 399 Å². The maximum absolute atomic E-state index is 13.0. The second-order valence-corrected chi connectivity index (χ2v) is 15.8. The van der Waals surface area contributed by atoms with Crippen LogP contribution in [-0.2, 0) is 33.3 Å².